The van der Waals surface area contributed by atoms with Crippen molar-refractivity contribution < 1.29 is 5.11 Å². The van der Waals surface area contributed by atoms with Gasteiger partial charge in [0.25, 0.3) is 0 Å². The van der Waals surface area contributed by atoms with E-state index in [4.69, 9.17) is 0 Å². The fourth-order valence-corrected chi connectivity index (χ4v) is 2.93. The molecule has 0 atom stereocenters. The molecule has 0 aliphatic carbocycles. The van der Waals surface area contributed by atoms with Gasteiger partial charge in [0.2, 0.25) is 0 Å². The zero-order valence-corrected chi connectivity index (χ0v) is 14.9. The highest BCUT2D eigenvalue weighted by Crippen LogP contribution is 2.44. The van der Waals surface area contributed by atoms with Gasteiger partial charge < -0.3 is 5.11 Å². The third-order valence-electron chi connectivity index (χ3n) is 4.10. The molecule has 0 saturated heterocycles. The summed E-state index contributed by atoms with van der Waals surface area (Å²) in [7, 11) is 0. The first-order chi connectivity index (χ1) is 10.0. The maximum absolute atomic E-state index is 11.0. The van der Waals surface area contributed by atoms with Gasteiger partial charge in [-0.1, -0.05) is 83.5 Å². The van der Waals surface area contributed by atoms with Crippen LogP contribution in [0.4, 0.5) is 0 Å². The monoisotopic (exact) mass is 296 g/mol. The number of benzene rings is 2. The summed E-state index contributed by atoms with van der Waals surface area (Å²) in [4.78, 5) is 0. The molecule has 0 aliphatic rings. The van der Waals surface area contributed by atoms with Crippen molar-refractivity contribution in [2.75, 3.05) is 0 Å². The molecule has 0 fully saturated rings. The second-order valence-electron chi connectivity index (χ2n) is 8.25. The van der Waals surface area contributed by atoms with Crippen molar-refractivity contribution in [1.29, 1.82) is 0 Å². The Morgan fingerprint density at radius 1 is 0.727 bits per heavy atom. The average molecular weight is 296 g/mol. The number of aryl methyl sites for hydroxylation is 1. The predicted octanol–water partition coefficient (Wildman–Crippen LogP) is 5.96. The van der Waals surface area contributed by atoms with Gasteiger partial charge in [-0.15, -0.1) is 0 Å². The molecule has 0 radical (unpaired) electrons. The average Bonchev–Trinajstić information content (AvgIpc) is 2.36. The third-order valence-corrected chi connectivity index (χ3v) is 4.10. The lowest BCUT2D eigenvalue weighted by molar-refractivity contribution is 0.424. The van der Waals surface area contributed by atoms with E-state index in [1.807, 2.05) is 0 Å². The Morgan fingerprint density at radius 2 is 1.27 bits per heavy atom. The van der Waals surface area contributed by atoms with E-state index in [0.717, 1.165) is 22.3 Å². The minimum Gasteiger partial charge on any atom is -0.507 e. The van der Waals surface area contributed by atoms with Gasteiger partial charge in [0, 0.05) is 5.56 Å². The topological polar surface area (TPSA) is 20.2 Å². The number of aromatic hydroxyl groups is 1. The maximum Gasteiger partial charge on any atom is 0.123 e. The fourth-order valence-electron chi connectivity index (χ4n) is 2.93. The van der Waals surface area contributed by atoms with E-state index < -0.39 is 0 Å². The van der Waals surface area contributed by atoms with E-state index in [1.165, 1.54) is 5.56 Å². The van der Waals surface area contributed by atoms with Crippen molar-refractivity contribution in [3.63, 3.8) is 0 Å². The first-order valence-electron chi connectivity index (χ1n) is 7.96. The van der Waals surface area contributed by atoms with Crippen molar-refractivity contribution in [3.8, 4) is 16.9 Å². The molecule has 22 heavy (non-hydrogen) atoms. The first-order valence-corrected chi connectivity index (χ1v) is 7.96. The van der Waals surface area contributed by atoms with E-state index in [2.05, 4.69) is 84.9 Å². The molecule has 0 saturated carbocycles. The van der Waals surface area contributed by atoms with Crippen LogP contribution in [0.3, 0.4) is 0 Å². The second-order valence-corrected chi connectivity index (χ2v) is 8.25. The smallest absolute Gasteiger partial charge is 0.123 e. The van der Waals surface area contributed by atoms with Crippen molar-refractivity contribution >= 4 is 0 Å². The van der Waals surface area contributed by atoms with Crippen LogP contribution in [0.25, 0.3) is 11.1 Å². The Labute approximate surface area is 135 Å². The highest BCUT2D eigenvalue weighted by atomic mass is 16.3. The van der Waals surface area contributed by atoms with E-state index in [1.54, 1.807) is 0 Å². The van der Waals surface area contributed by atoms with Crippen molar-refractivity contribution in [2.45, 2.75) is 59.3 Å². The SMILES string of the molecule is Cc1ccc(-c2ccc(C(C)(C)C)c(O)c2C(C)(C)C)cc1. The number of rotatable bonds is 1. The summed E-state index contributed by atoms with van der Waals surface area (Å²) < 4.78 is 0. The Bertz CT molecular complexity index is 665. The molecule has 2 rings (SSSR count). The van der Waals surface area contributed by atoms with E-state index >= 15 is 0 Å². The molecule has 1 heteroatoms. The van der Waals surface area contributed by atoms with Crippen LogP contribution in [-0.2, 0) is 10.8 Å². The lowest BCUT2D eigenvalue weighted by Gasteiger charge is -2.29. The van der Waals surface area contributed by atoms with Gasteiger partial charge in [-0.3, -0.25) is 0 Å². The standard InChI is InChI=1S/C21H28O/c1-14-8-10-15(11-9-14)16-12-13-17(20(2,3)4)19(22)18(16)21(5,6)7/h8-13,22H,1-7H3. The third kappa shape index (κ3) is 3.19. The molecule has 0 bridgehead atoms. The van der Waals surface area contributed by atoms with Crippen molar-refractivity contribution in [2.24, 2.45) is 0 Å². The Kier molecular flexibility index (Phi) is 4.12. The molecule has 1 nitrogen and oxygen atoms in total. The maximum atomic E-state index is 11.0. The van der Waals surface area contributed by atoms with E-state index in [9.17, 15) is 5.11 Å². The summed E-state index contributed by atoms with van der Waals surface area (Å²) >= 11 is 0. The Balaban J connectivity index is 2.75. The summed E-state index contributed by atoms with van der Waals surface area (Å²) in [5.41, 5.74) is 5.37. The zero-order valence-electron chi connectivity index (χ0n) is 14.9. The molecule has 0 amide bonds. The van der Waals surface area contributed by atoms with Crippen LogP contribution in [0.2, 0.25) is 0 Å². The molecular formula is C21H28O. The lowest BCUT2D eigenvalue weighted by atomic mass is 9.76. The largest absolute Gasteiger partial charge is 0.507 e. The van der Waals surface area contributed by atoms with E-state index in [0.29, 0.717) is 5.75 Å². The molecule has 0 spiro atoms. The zero-order chi connectivity index (χ0) is 16.7. The minimum atomic E-state index is -0.119. The van der Waals surface area contributed by atoms with Gasteiger partial charge in [-0.05, 0) is 34.4 Å². The highest BCUT2D eigenvalue weighted by molar-refractivity contribution is 5.73. The Hall–Kier alpha value is -1.76. The number of hydrogen-bond donors (Lipinski definition) is 1. The number of hydrogen-bond acceptors (Lipinski definition) is 1. The molecule has 2 aromatic carbocycles. The second kappa shape index (κ2) is 5.46. The van der Waals surface area contributed by atoms with Crippen LogP contribution >= 0.6 is 0 Å². The Morgan fingerprint density at radius 3 is 1.73 bits per heavy atom. The molecule has 0 aliphatic heterocycles. The van der Waals surface area contributed by atoms with Crippen LogP contribution < -0.4 is 0 Å². The van der Waals surface area contributed by atoms with Crippen LogP contribution in [-0.4, -0.2) is 5.11 Å². The molecule has 2 aromatic rings. The molecule has 0 heterocycles. The number of phenolic OH excluding ortho intramolecular Hbond substituents is 1. The van der Waals surface area contributed by atoms with Gasteiger partial charge in [0.15, 0.2) is 0 Å². The summed E-state index contributed by atoms with van der Waals surface area (Å²) in [5.74, 6) is 0.443. The van der Waals surface area contributed by atoms with Gasteiger partial charge in [-0.2, -0.15) is 0 Å². The van der Waals surface area contributed by atoms with Gasteiger partial charge in [0.05, 0.1) is 0 Å². The quantitative estimate of drug-likeness (QED) is 0.688. The fraction of sp³-hybridized carbons (Fsp3) is 0.429. The molecule has 0 unspecified atom stereocenters. The van der Waals surface area contributed by atoms with E-state index in [-0.39, 0.29) is 10.8 Å². The predicted molar refractivity (Wildman–Crippen MR) is 95.7 cm³/mol. The molecule has 118 valence electrons. The van der Waals surface area contributed by atoms with Crippen molar-refractivity contribution in [3.05, 3.63) is 53.1 Å². The van der Waals surface area contributed by atoms with Crippen LogP contribution in [0.1, 0.15) is 58.2 Å². The highest BCUT2D eigenvalue weighted by Gasteiger charge is 2.28. The molecule has 0 aromatic heterocycles. The van der Waals surface area contributed by atoms with Gasteiger partial charge in [0.1, 0.15) is 5.75 Å². The lowest BCUT2D eigenvalue weighted by Crippen LogP contribution is -2.18. The summed E-state index contributed by atoms with van der Waals surface area (Å²) in [5, 5.41) is 11.0. The van der Waals surface area contributed by atoms with Gasteiger partial charge in [-0.25, -0.2) is 0 Å². The van der Waals surface area contributed by atoms with Crippen LogP contribution in [0.5, 0.6) is 5.75 Å². The normalized spacial score (nSPS) is 12.5. The van der Waals surface area contributed by atoms with Crippen LogP contribution in [0.15, 0.2) is 36.4 Å². The van der Waals surface area contributed by atoms with Crippen molar-refractivity contribution in [1.82, 2.24) is 0 Å². The summed E-state index contributed by atoms with van der Waals surface area (Å²) in [6, 6.07) is 12.7. The van der Waals surface area contributed by atoms with Crippen LogP contribution in [0, 0.1) is 6.92 Å². The molecule has 1 N–H and O–H groups in total. The first kappa shape index (κ1) is 16.6. The summed E-state index contributed by atoms with van der Waals surface area (Å²) in [6.07, 6.45) is 0. The molecular weight excluding hydrogens is 268 g/mol. The van der Waals surface area contributed by atoms with Gasteiger partial charge >= 0.3 is 0 Å². The minimum absolute atomic E-state index is 0.0735. The summed E-state index contributed by atoms with van der Waals surface area (Å²) in [6.45, 7) is 15.0. The number of phenols is 1.